The van der Waals surface area contributed by atoms with E-state index in [0.717, 1.165) is 0 Å². The zero-order chi connectivity index (χ0) is 16.0. The number of methoxy groups -OCH3 is 1. The summed E-state index contributed by atoms with van der Waals surface area (Å²) in [5, 5.41) is 7.00. The Morgan fingerprint density at radius 3 is 2.57 bits per heavy atom. The fourth-order valence-electron chi connectivity index (χ4n) is 1.63. The van der Waals surface area contributed by atoms with Gasteiger partial charge in [-0.1, -0.05) is 13.0 Å². The molecule has 0 fully saturated rings. The summed E-state index contributed by atoms with van der Waals surface area (Å²) in [7, 11) is 1.27. The molecule has 0 spiro atoms. The van der Waals surface area contributed by atoms with Crippen LogP contribution in [0, 0.1) is 0 Å². The monoisotopic (exact) mass is 312 g/mol. The SMILES string of the molecule is CCC(C)(NC(=O)C(C)NC(=O)c1cccs1)C(=O)OC. The summed E-state index contributed by atoms with van der Waals surface area (Å²) >= 11 is 1.29. The lowest BCUT2D eigenvalue weighted by Gasteiger charge is -2.28. The van der Waals surface area contributed by atoms with E-state index < -0.39 is 23.5 Å². The van der Waals surface area contributed by atoms with Crippen molar-refractivity contribution in [1.82, 2.24) is 10.6 Å². The van der Waals surface area contributed by atoms with Crippen LogP contribution < -0.4 is 10.6 Å². The highest BCUT2D eigenvalue weighted by Crippen LogP contribution is 2.12. The molecule has 2 atom stereocenters. The number of rotatable bonds is 6. The number of carbonyl (C=O) groups excluding carboxylic acids is 3. The maximum atomic E-state index is 12.1. The van der Waals surface area contributed by atoms with Crippen LogP contribution >= 0.6 is 11.3 Å². The molecule has 1 heterocycles. The van der Waals surface area contributed by atoms with Crippen LogP contribution in [-0.2, 0) is 14.3 Å². The summed E-state index contributed by atoms with van der Waals surface area (Å²) in [5.74, 6) is -1.27. The molecule has 1 rings (SSSR count). The standard InChI is InChI=1S/C14H20N2O4S/c1-5-14(3,13(19)20-4)16-11(17)9(2)15-12(18)10-7-6-8-21-10/h6-9H,5H2,1-4H3,(H,15,18)(H,16,17). The zero-order valence-corrected chi connectivity index (χ0v) is 13.4. The number of ether oxygens (including phenoxy) is 1. The van der Waals surface area contributed by atoms with Gasteiger partial charge in [-0.2, -0.15) is 0 Å². The van der Waals surface area contributed by atoms with E-state index in [0.29, 0.717) is 11.3 Å². The average molecular weight is 312 g/mol. The molecular weight excluding hydrogens is 292 g/mol. The van der Waals surface area contributed by atoms with Gasteiger partial charge in [-0.25, -0.2) is 4.79 Å². The zero-order valence-electron chi connectivity index (χ0n) is 12.6. The number of thiophene rings is 1. The number of hydrogen-bond acceptors (Lipinski definition) is 5. The first kappa shape index (κ1) is 17.2. The van der Waals surface area contributed by atoms with Gasteiger partial charge < -0.3 is 15.4 Å². The number of carbonyl (C=O) groups is 3. The molecule has 116 valence electrons. The third-order valence-electron chi connectivity index (χ3n) is 3.23. The van der Waals surface area contributed by atoms with Crippen molar-refractivity contribution in [3.8, 4) is 0 Å². The molecule has 0 aliphatic heterocycles. The quantitative estimate of drug-likeness (QED) is 0.776. The Morgan fingerprint density at radius 1 is 1.43 bits per heavy atom. The second-order valence-electron chi connectivity index (χ2n) is 4.84. The van der Waals surface area contributed by atoms with Gasteiger partial charge in [-0.15, -0.1) is 11.3 Å². The van der Waals surface area contributed by atoms with Crippen LogP contribution in [0.3, 0.4) is 0 Å². The van der Waals surface area contributed by atoms with Gasteiger partial charge in [0.25, 0.3) is 5.91 Å². The molecule has 0 saturated carbocycles. The molecule has 0 radical (unpaired) electrons. The molecule has 0 aromatic carbocycles. The Labute approximate surface area is 127 Å². The van der Waals surface area contributed by atoms with Crippen molar-refractivity contribution in [3.63, 3.8) is 0 Å². The molecule has 7 heteroatoms. The number of nitrogens with one attached hydrogen (secondary N) is 2. The Bertz CT molecular complexity index is 515. The van der Waals surface area contributed by atoms with E-state index in [4.69, 9.17) is 0 Å². The second-order valence-corrected chi connectivity index (χ2v) is 5.79. The van der Waals surface area contributed by atoms with E-state index in [2.05, 4.69) is 15.4 Å². The van der Waals surface area contributed by atoms with Crippen LogP contribution in [0.15, 0.2) is 17.5 Å². The molecule has 2 unspecified atom stereocenters. The molecule has 0 aliphatic rings. The first-order valence-corrected chi connectivity index (χ1v) is 7.46. The van der Waals surface area contributed by atoms with Crippen LogP contribution in [0.5, 0.6) is 0 Å². The van der Waals surface area contributed by atoms with Crippen molar-refractivity contribution in [3.05, 3.63) is 22.4 Å². The first-order valence-electron chi connectivity index (χ1n) is 6.59. The maximum Gasteiger partial charge on any atom is 0.331 e. The first-order chi connectivity index (χ1) is 9.84. The normalized spacial score (nSPS) is 14.7. The summed E-state index contributed by atoms with van der Waals surface area (Å²) in [5.41, 5.74) is -1.10. The van der Waals surface area contributed by atoms with Gasteiger partial charge in [0.05, 0.1) is 12.0 Å². The van der Waals surface area contributed by atoms with Crippen molar-refractivity contribution >= 4 is 29.1 Å². The van der Waals surface area contributed by atoms with Crippen molar-refractivity contribution in [2.45, 2.75) is 38.8 Å². The van der Waals surface area contributed by atoms with E-state index in [1.54, 1.807) is 38.3 Å². The number of amides is 2. The van der Waals surface area contributed by atoms with Gasteiger partial charge in [-0.05, 0) is 31.7 Å². The van der Waals surface area contributed by atoms with Crippen molar-refractivity contribution < 1.29 is 19.1 Å². The molecular formula is C14H20N2O4S. The van der Waals surface area contributed by atoms with Crippen LogP contribution in [0.2, 0.25) is 0 Å². The van der Waals surface area contributed by atoms with Crippen molar-refractivity contribution in [2.75, 3.05) is 7.11 Å². The van der Waals surface area contributed by atoms with Gasteiger partial charge in [-0.3, -0.25) is 9.59 Å². The molecule has 1 aromatic heterocycles. The summed E-state index contributed by atoms with van der Waals surface area (Å²) in [6, 6.07) is 2.68. The molecule has 6 nitrogen and oxygen atoms in total. The summed E-state index contributed by atoms with van der Waals surface area (Å²) < 4.78 is 4.69. The lowest BCUT2D eigenvalue weighted by Crippen LogP contribution is -2.57. The third-order valence-corrected chi connectivity index (χ3v) is 4.10. The van der Waals surface area contributed by atoms with Gasteiger partial charge >= 0.3 is 5.97 Å². The highest BCUT2D eigenvalue weighted by atomic mass is 32.1. The largest absolute Gasteiger partial charge is 0.467 e. The Morgan fingerprint density at radius 2 is 2.10 bits per heavy atom. The van der Waals surface area contributed by atoms with Crippen LogP contribution in [0.4, 0.5) is 0 Å². The Kier molecular flexibility index (Phi) is 5.90. The molecule has 0 aliphatic carbocycles. The summed E-state index contributed by atoms with van der Waals surface area (Å²) in [6.45, 7) is 4.92. The second kappa shape index (κ2) is 7.21. The van der Waals surface area contributed by atoms with Crippen LogP contribution in [0.25, 0.3) is 0 Å². The molecule has 2 N–H and O–H groups in total. The Hall–Kier alpha value is -1.89. The number of esters is 1. The smallest absolute Gasteiger partial charge is 0.331 e. The minimum absolute atomic E-state index is 0.316. The van der Waals surface area contributed by atoms with Crippen LogP contribution in [0.1, 0.15) is 36.9 Å². The van der Waals surface area contributed by atoms with E-state index in [1.165, 1.54) is 18.4 Å². The predicted molar refractivity (Wildman–Crippen MR) is 80.1 cm³/mol. The molecule has 1 aromatic rings. The maximum absolute atomic E-state index is 12.1. The highest BCUT2D eigenvalue weighted by Gasteiger charge is 2.35. The lowest BCUT2D eigenvalue weighted by atomic mass is 9.98. The summed E-state index contributed by atoms with van der Waals surface area (Å²) in [4.78, 5) is 36.2. The topological polar surface area (TPSA) is 84.5 Å². The predicted octanol–water partition coefficient (Wildman–Crippen LogP) is 1.32. The van der Waals surface area contributed by atoms with E-state index in [-0.39, 0.29) is 5.91 Å². The van der Waals surface area contributed by atoms with Gasteiger partial charge in [0.1, 0.15) is 11.6 Å². The fraction of sp³-hybridized carbons (Fsp3) is 0.500. The van der Waals surface area contributed by atoms with Gasteiger partial charge in [0.2, 0.25) is 5.91 Å². The third kappa shape index (κ3) is 4.29. The van der Waals surface area contributed by atoms with Gasteiger partial charge in [0, 0.05) is 0 Å². The molecule has 0 saturated heterocycles. The van der Waals surface area contributed by atoms with Gasteiger partial charge in [0.15, 0.2) is 0 Å². The fourth-order valence-corrected chi connectivity index (χ4v) is 2.26. The Balaban J connectivity index is 2.66. The van der Waals surface area contributed by atoms with E-state index >= 15 is 0 Å². The van der Waals surface area contributed by atoms with Crippen molar-refractivity contribution in [1.29, 1.82) is 0 Å². The van der Waals surface area contributed by atoms with Crippen molar-refractivity contribution in [2.24, 2.45) is 0 Å². The molecule has 21 heavy (non-hydrogen) atoms. The molecule has 0 bridgehead atoms. The number of hydrogen-bond donors (Lipinski definition) is 2. The highest BCUT2D eigenvalue weighted by molar-refractivity contribution is 7.12. The molecule has 2 amide bonds. The minimum atomic E-state index is -1.10. The van der Waals surface area contributed by atoms with E-state index in [1.807, 2.05) is 0 Å². The lowest BCUT2D eigenvalue weighted by molar-refractivity contribution is -0.150. The van der Waals surface area contributed by atoms with Crippen LogP contribution in [-0.4, -0.2) is 36.5 Å². The van der Waals surface area contributed by atoms with E-state index in [9.17, 15) is 14.4 Å². The average Bonchev–Trinajstić information content (AvgIpc) is 3.00. The minimum Gasteiger partial charge on any atom is -0.467 e. The summed E-state index contributed by atoms with van der Waals surface area (Å²) in [6.07, 6.45) is 0.386.